The summed E-state index contributed by atoms with van der Waals surface area (Å²) < 4.78 is 6.25. The lowest BCUT2D eigenvalue weighted by Gasteiger charge is -2.32. The molecular formula is C19H16N2O4S2. The van der Waals surface area contributed by atoms with Gasteiger partial charge in [-0.2, -0.15) is 0 Å². The third-order valence-corrected chi connectivity index (χ3v) is 6.53. The van der Waals surface area contributed by atoms with Crippen LogP contribution in [0, 0.1) is 0 Å². The molecule has 6 nitrogen and oxygen atoms in total. The molecule has 1 amide bonds. The zero-order valence-electron chi connectivity index (χ0n) is 14.4. The Morgan fingerprint density at radius 2 is 2.11 bits per heavy atom. The number of hydrogen-bond acceptors (Lipinski definition) is 6. The summed E-state index contributed by atoms with van der Waals surface area (Å²) in [5.74, 6) is -0.443. The Morgan fingerprint density at radius 1 is 1.30 bits per heavy atom. The number of carboxylic acid groups (broad SMARTS) is 1. The summed E-state index contributed by atoms with van der Waals surface area (Å²) in [5.41, 5.74) is 1.62. The summed E-state index contributed by atoms with van der Waals surface area (Å²) in [5, 5.41) is 9.31. The van der Waals surface area contributed by atoms with E-state index in [9.17, 15) is 9.59 Å². The first-order valence-electron chi connectivity index (χ1n) is 8.27. The maximum Gasteiger partial charge on any atom is 0.305 e. The molecule has 138 valence electrons. The third-order valence-electron chi connectivity index (χ3n) is 4.26. The smallest absolute Gasteiger partial charge is 0.305 e. The highest BCUT2D eigenvalue weighted by Gasteiger charge is 2.35. The van der Waals surface area contributed by atoms with Crippen LogP contribution in [-0.2, 0) is 16.1 Å². The van der Waals surface area contributed by atoms with Crippen molar-refractivity contribution in [3.63, 3.8) is 0 Å². The number of hydrogen-bond donors (Lipinski definition) is 1. The van der Waals surface area contributed by atoms with Gasteiger partial charge >= 0.3 is 5.97 Å². The van der Waals surface area contributed by atoms with E-state index in [1.807, 2.05) is 42.5 Å². The van der Waals surface area contributed by atoms with E-state index in [0.29, 0.717) is 6.54 Å². The number of carboxylic acids is 1. The second-order valence-electron chi connectivity index (χ2n) is 6.04. The van der Waals surface area contributed by atoms with E-state index in [0.717, 1.165) is 31.6 Å². The fourth-order valence-electron chi connectivity index (χ4n) is 3.01. The number of carbonyl (C=O) groups is 2. The Kier molecular flexibility index (Phi) is 4.75. The number of rotatable bonds is 5. The molecule has 4 rings (SSSR count). The lowest BCUT2D eigenvalue weighted by molar-refractivity contribution is -0.138. The third kappa shape index (κ3) is 3.50. The molecule has 0 spiro atoms. The van der Waals surface area contributed by atoms with Gasteiger partial charge in [0.2, 0.25) is 5.91 Å². The number of thiazole rings is 1. The standard InChI is InChI=1S/C19H16N2O4S2/c1-25-11-6-7-14-12(8-11)20-17(27-14)10-21-13-4-2-3-5-15(13)26-16(19(21)24)9-18(22)23/h2-8,16H,9-10H2,1H3,(H,22,23). The number of ether oxygens (including phenoxy) is 1. The predicted molar refractivity (Wildman–Crippen MR) is 106 cm³/mol. The number of fused-ring (bicyclic) bond motifs is 2. The quantitative estimate of drug-likeness (QED) is 0.702. The van der Waals surface area contributed by atoms with Crippen LogP contribution in [-0.4, -0.2) is 34.3 Å². The van der Waals surface area contributed by atoms with Crippen molar-refractivity contribution < 1.29 is 19.4 Å². The number of para-hydroxylation sites is 1. The van der Waals surface area contributed by atoms with E-state index in [1.165, 1.54) is 23.1 Å². The zero-order valence-corrected chi connectivity index (χ0v) is 16.0. The number of methoxy groups -OCH3 is 1. The Morgan fingerprint density at radius 3 is 2.89 bits per heavy atom. The van der Waals surface area contributed by atoms with Crippen LogP contribution in [0.2, 0.25) is 0 Å². The lowest BCUT2D eigenvalue weighted by atomic mass is 10.2. The van der Waals surface area contributed by atoms with Gasteiger partial charge < -0.3 is 14.7 Å². The molecule has 27 heavy (non-hydrogen) atoms. The molecule has 8 heteroatoms. The molecule has 1 aliphatic heterocycles. The first-order chi connectivity index (χ1) is 13.0. The maximum atomic E-state index is 12.9. The van der Waals surface area contributed by atoms with Crippen molar-refractivity contribution in [1.29, 1.82) is 0 Å². The molecule has 3 aromatic rings. The Labute approximate surface area is 163 Å². The van der Waals surface area contributed by atoms with Crippen molar-refractivity contribution in [1.82, 2.24) is 4.98 Å². The number of benzene rings is 2. The van der Waals surface area contributed by atoms with Crippen LogP contribution in [0.5, 0.6) is 5.75 Å². The van der Waals surface area contributed by atoms with Gasteiger partial charge in [0.05, 0.1) is 41.2 Å². The Hall–Kier alpha value is -2.58. The highest BCUT2D eigenvalue weighted by molar-refractivity contribution is 8.01. The Bertz CT molecular complexity index is 1030. The van der Waals surface area contributed by atoms with E-state index in [-0.39, 0.29) is 12.3 Å². The predicted octanol–water partition coefficient (Wildman–Crippen LogP) is 3.79. The number of nitrogens with zero attached hydrogens (tertiary/aromatic N) is 2. The number of anilines is 1. The van der Waals surface area contributed by atoms with Crippen LogP contribution in [0.15, 0.2) is 47.4 Å². The number of aliphatic carboxylic acids is 1. The van der Waals surface area contributed by atoms with Crippen LogP contribution < -0.4 is 9.64 Å². The molecule has 2 aromatic carbocycles. The van der Waals surface area contributed by atoms with Crippen LogP contribution >= 0.6 is 23.1 Å². The van der Waals surface area contributed by atoms with Crippen molar-refractivity contribution >= 4 is 50.9 Å². The molecule has 0 bridgehead atoms. The second-order valence-corrected chi connectivity index (χ2v) is 8.40. The molecule has 0 fully saturated rings. The maximum absolute atomic E-state index is 12.9. The van der Waals surface area contributed by atoms with E-state index >= 15 is 0 Å². The van der Waals surface area contributed by atoms with Gasteiger partial charge in [-0.25, -0.2) is 4.98 Å². The largest absolute Gasteiger partial charge is 0.497 e. The summed E-state index contributed by atoms with van der Waals surface area (Å²) in [7, 11) is 1.61. The average molecular weight is 400 g/mol. The summed E-state index contributed by atoms with van der Waals surface area (Å²) >= 11 is 2.83. The molecule has 2 heterocycles. The molecule has 1 aromatic heterocycles. The molecule has 1 N–H and O–H groups in total. The van der Waals surface area contributed by atoms with Crippen molar-refractivity contribution in [2.75, 3.05) is 12.0 Å². The topological polar surface area (TPSA) is 79.7 Å². The van der Waals surface area contributed by atoms with Gasteiger partial charge in [0.1, 0.15) is 10.8 Å². The monoisotopic (exact) mass is 400 g/mol. The van der Waals surface area contributed by atoms with Crippen molar-refractivity contribution in [2.45, 2.75) is 23.1 Å². The van der Waals surface area contributed by atoms with Crippen molar-refractivity contribution in [3.05, 3.63) is 47.5 Å². The molecule has 0 saturated heterocycles. The second kappa shape index (κ2) is 7.21. The molecule has 1 atom stereocenters. The number of carbonyl (C=O) groups excluding carboxylic acids is 1. The Balaban J connectivity index is 1.68. The normalized spacial score (nSPS) is 16.4. The molecule has 0 aliphatic carbocycles. The van der Waals surface area contributed by atoms with Gasteiger partial charge in [-0.1, -0.05) is 12.1 Å². The van der Waals surface area contributed by atoms with E-state index < -0.39 is 11.2 Å². The SMILES string of the molecule is COc1ccc2sc(CN3C(=O)C(CC(=O)O)Sc4ccccc43)nc2c1. The van der Waals surface area contributed by atoms with Gasteiger partial charge in [-0.3, -0.25) is 9.59 Å². The first kappa shape index (κ1) is 17.8. The van der Waals surface area contributed by atoms with Gasteiger partial charge in [-0.05, 0) is 24.3 Å². The summed E-state index contributed by atoms with van der Waals surface area (Å²) in [4.78, 5) is 31.3. The van der Waals surface area contributed by atoms with Crippen LogP contribution in [0.4, 0.5) is 5.69 Å². The minimum atomic E-state index is -0.979. The van der Waals surface area contributed by atoms with Crippen molar-refractivity contribution in [3.8, 4) is 5.75 Å². The van der Waals surface area contributed by atoms with Crippen molar-refractivity contribution in [2.24, 2.45) is 0 Å². The van der Waals surface area contributed by atoms with Gasteiger partial charge in [-0.15, -0.1) is 23.1 Å². The minimum Gasteiger partial charge on any atom is -0.497 e. The van der Waals surface area contributed by atoms with Gasteiger partial charge in [0, 0.05) is 11.0 Å². The summed E-state index contributed by atoms with van der Waals surface area (Å²) in [6.45, 7) is 0.314. The fraction of sp³-hybridized carbons (Fsp3) is 0.211. The fourth-order valence-corrected chi connectivity index (χ4v) is 5.16. The van der Waals surface area contributed by atoms with Gasteiger partial charge in [0.15, 0.2) is 0 Å². The molecule has 1 unspecified atom stereocenters. The highest BCUT2D eigenvalue weighted by atomic mass is 32.2. The van der Waals surface area contributed by atoms with Crippen LogP contribution in [0.1, 0.15) is 11.4 Å². The minimum absolute atomic E-state index is 0.196. The molecule has 1 aliphatic rings. The molecular weight excluding hydrogens is 384 g/mol. The van der Waals surface area contributed by atoms with E-state index in [1.54, 1.807) is 12.0 Å². The first-order valence-corrected chi connectivity index (χ1v) is 9.97. The average Bonchev–Trinajstić information content (AvgIpc) is 3.06. The number of thioether (sulfide) groups is 1. The molecule has 0 radical (unpaired) electrons. The van der Waals surface area contributed by atoms with Crippen LogP contribution in [0.25, 0.3) is 10.2 Å². The molecule has 0 saturated carbocycles. The summed E-state index contributed by atoms with van der Waals surface area (Å²) in [6, 6.07) is 13.3. The van der Waals surface area contributed by atoms with Crippen LogP contribution in [0.3, 0.4) is 0 Å². The summed E-state index contributed by atoms with van der Waals surface area (Å²) in [6.07, 6.45) is -0.203. The van der Waals surface area contributed by atoms with E-state index in [4.69, 9.17) is 9.84 Å². The number of aromatic nitrogens is 1. The highest BCUT2D eigenvalue weighted by Crippen LogP contribution is 2.41. The van der Waals surface area contributed by atoms with Gasteiger partial charge in [0.25, 0.3) is 0 Å². The van der Waals surface area contributed by atoms with E-state index in [2.05, 4.69) is 4.98 Å². The lowest BCUT2D eigenvalue weighted by Crippen LogP contribution is -2.41. The zero-order chi connectivity index (χ0) is 19.0. The number of amides is 1.